The van der Waals surface area contributed by atoms with Crippen molar-refractivity contribution < 1.29 is 9.84 Å². The average Bonchev–Trinajstić information content (AvgIpc) is 2.30. The molecule has 0 bridgehead atoms. The van der Waals surface area contributed by atoms with Crippen molar-refractivity contribution in [2.75, 3.05) is 0 Å². The first kappa shape index (κ1) is 16.4. The van der Waals surface area contributed by atoms with E-state index in [0.29, 0.717) is 6.42 Å². The summed E-state index contributed by atoms with van der Waals surface area (Å²) in [5.74, 6) is 0. The van der Waals surface area contributed by atoms with Gasteiger partial charge in [-0.3, -0.25) is 0 Å². The lowest BCUT2D eigenvalue weighted by atomic mass is 10.1. The minimum Gasteiger partial charge on any atom is -0.368 e. The average molecular weight is 240 g/mol. The topological polar surface area (TPSA) is 29.5 Å². The van der Waals surface area contributed by atoms with Crippen LogP contribution in [0.4, 0.5) is 0 Å². The molecule has 0 spiro atoms. The van der Waals surface area contributed by atoms with Crippen molar-refractivity contribution in [3.05, 3.63) is 24.3 Å². The van der Waals surface area contributed by atoms with Gasteiger partial charge in [-0.25, -0.2) is 0 Å². The van der Waals surface area contributed by atoms with Crippen molar-refractivity contribution in [1.29, 1.82) is 0 Å². The van der Waals surface area contributed by atoms with Crippen LogP contribution >= 0.6 is 0 Å². The molecule has 0 rings (SSSR count). The third-order valence-corrected chi connectivity index (χ3v) is 2.50. The molecule has 0 aliphatic rings. The van der Waals surface area contributed by atoms with Crippen molar-refractivity contribution in [1.82, 2.24) is 0 Å². The summed E-state index contributed by atoms with van der Waals surface area (Å²) < 4.78 is 5.64. The minimum atomic E-state index is -0.663. The van der Waals surface area contributed by atoms with E-state index in [0.717, 1.165) is 32.1 Å². The van der Waals surface area contributed by atoms with Crippen LogP contribution in [0.25, 0.3) is 0 Å². The lowest BCUT2D eigenvalue weighted by Gasteiger charge is -2.19. The highest BCUT2D eigenvalue weighted by Crippen LogP contribution is 2.12. The van der Waals surface area contributed by atoms with Crippen LogP contribution in [0, 0.1) is 0 Å². The molecule has 2 heteroatoms. The number of ether oxygens (including phenoxy) is 1. The molecule has 0 aliphatic carbocycles. The standard InChI is InChI=1S/C15H28O2/c1-4-7-9-12-14(11-6-3)17-15(16)13-10-8-5-2/h7-10,14-16H,4-6,11-13H2,1-3H3. The zero-order chi connectivity index (χ0) is 12.9. The SMILES string of the molecule is CCC=CCC(O)OC(CC=CCC)CCC. The molecular weight excluding hydrogens is 212 g/mol. The highest BCUT2D eigenvalue weighted by atomic mass is 16.6. The second kappa shape index (κ2) is 11.9. The highest BCUT2D eigenvalue weighted by Gasteiger charge is 2.11. The second-order valence-corrected chi connectivity index (χ2v) is 4.23. The van der Waals surface area contributed by atoms with Gasteiger partial charge >= 0.3 is 0 Å². The number of hydrogen-bond donors (Lipinski definition) is 1. The van der Waals surface area contributed by atoms with Gasteiger partial charge < -0.3 is 9.84 Å². The van der Waals surface area contributed by atoms with E-state index < -0.39 is 6.29 Å². The molecule has 0 aromatic carbocycles. The lowest BCUT2D eigenvalue weighted by molar-refractivity contribution is -0.133. The van der Waals surface area contributed by atoms with Gasteiger partial charge in [0, 0.05) is 6.42 Å². The van der Waals surface area contributed by atoms with Crippen LogP contribution in [0.3, 0.4) is 0 Å². The predicted molar refractivity (Wildman–Crippen MR) is 73.9 cm³/mol. The maximum atomic E-state index is 9.73. The van der Waals surface area contributed by atoms with Crippen molar-refractivity contribution in [3.63, 3.8) is 0 Å². The van der Waals surface area contributed by atoms with E-state index in [4.69, 9.17) is 4.74 Å². The Morgan fingerprint density at radius 3 is 2.06 bits per heavy atom. The fourth-order valence-corrected chi connectivity index (χ4v) is 1.64. The Labute approximate surface area is 106 Å². The number of aliphatic hydroxyl groups excluding tert-OH is 1. The molecule has 0 aromatic heterocycles. The molecule has 1 N–H and O–H groups in total. The van der Waals surface area contributed by atoms with Gasteiger partial charge in [-0.15, -0.1) is 0 Å². The normalized spacial score (nSPS) is 15.8. The molecular formula is C15H28O2. The lowest BCUT2D eigenvalue weighted by Crippen LogP contribution is -2.21. The van der Waals surface area contributed by atoms with Crippen LogP contribution in [0.2, 0.25) is 0 Å². The molecule has 2 atom stereocenters. The molecule has 2 unspecified atom stereocenters. The maximum Gasteiger partial charge on any atom is 0.158 e. The Hall–Kier alpha value is -0.600. The summed E-state index contributed by atoms with van der Waals surface area (Å²) in [6.07, 6.45) is 13.5. The molecule has 0 heterocycles. The minimum absolute atomic E-state index is 0.146. The van der Waals surface area contributed by atoms with Crippen LogP contribution in [-0.2, 0) is 4.74 Å². The first-order valence-electron chi connectivity index (χ1n) is 6.88. The maximum absolute atomic E-state index is 9.73. The third-order valence-electron chi connectivity index (χ3n) is 2.50. The van der Waals surface area contributed by atoms with E-state index in [-0.39, 0.29) is 6.10 Å². The van der Waals surface area contributed by atoms with Crippen molar-refractivity contribution in [2.45, 2.75) is 71.7 Å². The summed E-state index contributed by atoms with van der Waals surface area (Å²) in [6, 6.07) is 0. The van der Waals surface area contributed by atoms with Crippen LogP contribution in [-0.4, -0.2) is 17.5 Å². The quantitative estimate of drug-likeness (QED) is 0.458. The largest absolute Gasteiger partial charge is 0.368 e. The fourth-order valence-electron chi connectivity index (χ4n) is 1.64. The summed E-state index contributed by atoms with van der Waals surface area (Å²) in [6.45, 7) is 6.35. The molecule has 0 saturated carbocycles. The molecule has 2 nitrogen and oxygen atoms in total. The number of hydrogen-bond acceptors (Lipinski definition) is 2. The summed E-state index contributed by atoms with van der Waals surface area (Å²) in [4.78, 5) is 0. The highest BCUT2D eigenvalue weighted by molar-refractivity contribution is 4.84. The Kier molecular flexibility index (Phi) is 11.5. The van der Waals surface area contributed by atoms with Gasteiger partial charge in [-0.2, -0.15) is 0 Å². The first-order chi connectivity index (χ1) is 8.24. The Balaban J connectivity index is 3.95. The van der Waals surface area contributed by atoms with Crippen molar-refractivity contribution >= 4 is 0 Å². The number of allylic oxidation sites excluding steroid dienone is 2. The summed E-state index contributed by atoms with van der Waals surface area (Å²) in [5, 5.41) is 9.73. The summed E-state index contributed by atoms with van der Waals surface area (Å²) >= 11 is 0. The van der Waals surface area contributed by atoms with E-state index >= 15 is 0 Å². The predicted octanol–water partition coefficient (Wildman–Crippen LogP) is 4.20. The summed E-state index contributed by atoms with van der Waals surface area (Å²) in [7, 11) is 0. The van der Waals surface area contributed by atoms with E-state index in [1.165, 1.54) is 0 Å². The molecule has 0 aromatic rings. The molecule has 0 saturated heterocycles. The van der Waals surface area contributed by atoms with Gasteiger partial charge in [-0.05, 0) is 25.7 Å². The monoisotopic (exact) mass is 240 g/mol. The van der Waals surface area contributed by atoms with Gasteiger partial charge in [0.05, 0.1) is 6.10 Å². The third kappa shape index (κ3) is 10.3. The number of aliphatic hydroxyl groups is 1. The smallest absolute Gasteiger partial charge is 0.158 e. The van der Waals surface area contributed by atoms with E-state index in [1.54, 1.807) is 0 Å². The second-order valence-electron chi connectivity index (χ2n) is 4.23. The molecule has 0 fully saturated rings. The molecule has 17 heavy (non-hydrogen) atoms. The zero-order valence-electron chi connectivity index (χ0n) is 11.6. The van der Waals surface area contributed by atoms with Crippen LogP contribution in [0.5, 0.6) is 0 Å². The molecule has 0 amide bonds. The zero-order valence-corrected chi connectivity index (χ0v) is 11.6. The van der Waals surface area contributed by atoms with Crippen molar-refractivity contribution in [3.8, 4) is 0 Å². The van der Waals surface area contributed by atoms with E-state index in [1.807, 2.05) is 6.08 Å². The van der Waals surface area contributed by atoms with Crippen LogP contribution < -0.4 is 0 Å². The van der Waals surface area contributed by atoms with Gasteiger partial charge in [0.25, 0.3) is 0 Å². The molecule has 0 radical (unpaired) electrons. The van der Waals surface area contributed by atoms with Crippen molar-refractivity contribution in [2.24, 2.45) is 0 Å². The van der Waals surface area contributed by atoms with Gasteiger partial charge in [0.2, 0.25) is 0 Å². The van der Waals surface area contributed by atoms with E-state index in [9.17, 15) is 5.11 Å². The molecule has 100 valence electrons. The Morgan fingerprint density at radius 2 is 1.53 bits per heavy atom. The Morgan fingerprint density at radius 1 is 0.941 bits per heavy atom. The molecule has 0 aliphatic heterocycles. The fraction of sp³-hybridized carbons (Fsp3) is 0.733. The Bertz CT molecular complexity index is 209. The van der Waals surface area contributed by atoms with Gasteiger partial charge in [-0.1, -0.05) is 51.5 Å². The number of rotatable bonds is 10. The summed E-state index contributed by atoms with van der Waals surface area (Å²) in [5.41, 5.74) is 0. The van der Waals surface area contributed by atoms with Crippen LogP contribution in [0.15, 0.2) is 24.3 Å². The van der Waals surface area contributed by atoms with Gasteiger partial charge in [0.1, 0.15) is 0 Å². The van der Waals surface area contributed by atoms with E-state index in [2.05, 4.69) is 39.0 Å². The van der Waals surface area contributed by atoms with Gasteiger partial charge in [0.15, 0.2) is 6.29 Å². The van der Waals surface area contributed by atoms with Crippen LogP contribution in [0.1, 0.15) is 59.3 Å². The first-order valence-corrected chi connectivity index (χ1v) is 6.88.